The minimum Gasteiger partial charge on any atom is -0.310 e. The Kier molecular flexibility index (Phi) is 10.6. The zero-order chi connectivity index (χ0) is 48.9. The van der Waals surface area contributed by atoms with Crippen molar-refractivity contribution in [1.82, 2.24) is 0 Å². The molecule has 9 aromatic carbocycles. The first-order valence-corrected chi connectivity index (χ1v) is 25.2. The molecule has 1 heteroatoms. The van der Waals surface area contributed by atoms with Crippen molar-refractivity contribution in [2.75, 3.05) is 4.90 Å². The Morgan fingerprint density at radius 3 is 0.971 bits per heavy atom. The summed E-state index contributed by atoms with van der Waals surface area (Å²) in [4.78, 5) is 2.46. The van der Waals surface area contributed by atoms with Crippen LogP contribution in [0.4, 0.5) is 17.1 Å². The second-order valence-electron chi connectivity index (χ2n) is 23.1. The van der Waals surface area contributed by atoms with Crippen LogP contribution in [-0.2, 0) is 21.7 Å². The summed E-state index contributed by atoms with van der Waals surface area (Å²) >= 11 is 0. The number of fused-ring (bicyclic) bond motifs is 6. The van der Waals surface area contributed by atoms with E-state index in [9.17, 15) is 0 Å². The molecule has 70 heavy (non-hydrogen) atoms. The Bertz CT molecular complexity index is 3230. The zero-order valence-corrected chi connectivity index (χ0v) is 42.9. The minimum absolute atomic E-state index is 0.0993. The SMILES string of the molecule is Cc1c(-c2ccc3c(c2)C(C)(C)c2ccccc2-3)cc(N(c2ccc(-c3ccc(C(C)(C)C)cc3)cc2)c2ccc(-c3ccc(C(C)(C)C)cc3)cc2)cc1-c1ccc2c(c1)C(C)(C)c1ccccc1-2. The molecule has 0 heterocycles. The fourth-order valence-corrected chi connectivity index (χ4v) is 11.5. The molecule has 0 aromatic heterocycles. The summed E-state index contributed by atoms with van der Waals surface area (Å²) in [6.07, 6.45) is 0. The molecule has 0 unspecified atom stereocenters. The van der Waals surface area contributed by atoms with Crippen molar-refractivity contribution in [2.24, 2.45) is 0 Å². The van der Waals surface area contributed by atoms with Crippen LogP contribution in [-0.4, -0.2) is 0 Å². The van der Waals surface area contributed by atoms with Crippen LogP contribution in [0.1, 0.15) is 108 Å². The van der Waals surface area contributed by atoms with Crippen molar-refractivity contribution < 1.29 is 0 Å². The molecule has 0 aliphatic heterocycles. The topological polar surface area (TPSA) is 3.24 Å². The highest BCUT2D eigenvalue weighted by Gasteiger charge is 2.37. The molecule has 2 aliphatic rings. The first kappa shape index (κ1) is 45.2. The van der Waals surface area contributed by atoms with E-state index in [1.807, 2.05) is 0 Å². The molecule has 0 atom stereocenters. The van der Waals surface area contributed by atoms with E-state index in [2.05, 4.69) is 275 Å². The van der Waals surface area contributed by atoms with Crippen LogP contribution in [0.5, 0.6) is 0 Å². The van der Waals surface area contributed by atoms with Gasteiger partial charge in [-0.15, -0.1) is 0 Å². The molecule has 0 N–H and O–H groups in total. The molecule has 11 rings (SSSR count). The zero-order valence-electron chi connectivity index (χ0n) is 42.9. The first-order valence-electron chi connectivity index (χ1n) is 25.2. The van der Waals surface area contributed by atoms with Gasteiger partial charge in [-0.05, 0) is 172 Å². The fourth-order valence-electron chi connectivity index (χ4n) is 11.5. The first-order chi connectivity index (χ1) is 33.4. The lowest BCUT2D eigenvalue weighted by Crippen LogP contribution is -2.15. The van der Waals surface area contributed by atoms with Gasteiger partial charge in [0, 0.05) is 27.9 Å². The van der Waals surface area contributed by atoms with Gasteiger partial charge in [0.25, 0.3) is 0 Å². The van der Waals surface area contributed by atoms with Gasteiger partial charge in [0.15, 0.2) is 0 Å². The third-order valence-electron chi connectivity index (χ3n) is 15.9. The summed E-state index contributed by atoms with van der Waals surface area (Å²) in [5.41, 5.74) is 27.9. The second-order valence-corrected chi connectivity index (χ2v) is 23.1. The van der Waals surface area contributed by atoms with Gasteiger partial charge in [-0.25, -0.2) is 0 Å². The molecule has 1 nitrogen and oxygen atoms in total. The van der Waals surface area contributed by atoms with Crippen molar-refractivity contribution in [3.05, 3.63) is 233 Å². The molecule has 0 fully saturated rings. The van der Waals surface area contributed by atoms with E-state index in [1.54, 1.807) is 0 Å². The maximum absolute atomic E-state index is 2.48. The summed E-state index contributed by atoms with van der Waals surface area (Å²) in [5.74, 6) is 0. The van der Waals surface area contributed by atoms with E-state index in [-0.39, 0.29) is 21.7 Å². The average Bonchev–Trinajstić information content (AvgIpc) is 3.73. The Hall–Kier alpha value is -7.22. The van der Waals surface area contributed by atoms with E-state index in [4.69, 9.17) is 0 Å². The monoisotopic (exact) mass is 908 g/mol. The predicted molar refractivity (Wildman–Crippen MR) is 300 cm³/mol. The summed E-state index contributed by atoms with van der Waals surface area (Å²) in [6, 6.07) is 73.8. The van der Waals surface area contributed by atoms with E-state index in [0.29, 0.717) is 0 Å². The molecule has 0 bridgehead atoms. The predicted octanol–water partition coefficient (Wildman–Crippen LogP) is 19.3. The summed E-state index contributed by atoms with van der Waals surface area (Å²) in [7, 11) is 0. The van der Waals surface area contributed by atoms with Crippen molar-refractivity contribution in [1.29, 1.82) is 0 Å². The third-order valence-corrected chi connectivity index (χ3v) is 15.9. The molecule has 9 aromatic rings. The van der Waals surface area contributed by atoms with E-state index < -0.39 is 0 Å². The van der Waals surface area contributed by atoms with Crippen LogP contribution in [0.15, 0.2) is 194 Å². The molecule has 0 amide bonds. The summed E-state index contributed by atoms with van der Waals surface area (Å²) < 4.78 is 0. The normalized spacial score (nSPS) is 14.2. The molecule has 0 spiro atoms. The van der Waals surface area contributed by atoms with E-state index in [1.165, 1.54) is 106 Å². The Morgan fingerprint density at radius 1 is 0.300 bits per heavy atom. The largest absolute Gasteiger partial charge is 0.310 e. The van der Waals surface area contributed by atoms with Gasteiger partial charge in [0.1, 0.15) is 0 Å². The van der Waals surface area contributed by atoms with Gasteiger partial charge in [-0.1, -0.05) is 215 Å². The van der Waals surface area contributed by atoms with Crippen molar-refractivity contribution in [3.8, 4) is 66.8 Å². The highest BCUT2D eigenvalue weighted by molar-refractivity contribution is 5.92. The van der Waals surface area contributed by atoms with Crippen LogP contribution in [0.25, 0.3) is 66.8 Å². The molecule has 0 radical (unpaired) electrons. The maximum Gasteiger partial charge on any atom is 0.0474 e. The lowest BCUT2D eigenvalue weighted by atomic mass is 9.80. The number of benzene rings is 9. The molecular weight excluding hydrogens is 843 g/mol. The molecule has 2 aliphatic carbocycles. The third kappa shape index (κ3) is 7.62. The maximum atomic E-state index is 2.48. The quantitative estimate of drug-likeness (QED) is 0.154. The van der Waals surface area contributed by atoms with Gasteiger partial charge in [-0.2, -0.15) is 0 Å². The van der Waals surface area contributed by atoms with Crippen LogP contribution in [0.2, 0.25) is 0 Å². The van der Waals surface area contributed by atoms with Crippen LogP contribution < -0.4 is 4.90 Å². The molecular formula is C69H65N. The van der Waals surface area contributed by atoms with Crippen molar-refractivity contribution >= 4 is 17.1 Å². The van der Waals surface area contributed by atoms with Gasteiger partial charge >= 0.3 is 0 Å². The minimum atomic E-state index is -0.119. The van der Waals surface area contributed by atoms with Gasteiger partial charge in [0.05, 0.1) is 0 Å². The lowest BCUT2D eigenvalue weighted by Gasteiger charge is -2.29. The number of hydrogen-bond donors (Lipinski definition) is 0. The van der Waals surface area contributed by atoms with Crippen molar-refractivity contribution in [3.63, 3.8) is 0 Å². The number of hydrogen-bond acceptors (Lipinski definition) is 1. The number of rotatable bonds is 7. The van der Waals surface area contributed by atoms with E-state index in [0.717, 1.165) is 17.1 Å². The van der Waals surface area contributed by atoms with E-state index >= 15 is 0 Å². The Morgan fingerprint density at radius 2 is 0.614 bits per heavy atom. The average molecular weight is 908 g/mol. The Balaban J connectivity index is 1.10. The molecule has 0 saturated heterocycles. The van der Waals surface area contributed by atoms with Crippen LogP contribution in [0, 0.1) is 6.92 Å². The smallest absolute Gasteiger partial charge is 0.0474 e. The van der Waals surface area contributed by atoms with Gasteiger partial charge in [0.2, 0.25) is 0 Å². The second kappa shape index (κ2) is 16.5. The van der Waals surface area contributed by atoms with Crippen LogP contribution >= 0.6 is 0 Å². The Labute approximate surface area is 417 Å². The summed E-state index contributed by atoms with van der Waals surface area (Å²) in [5, 5.41) is 0. The lowest BCUT2D eigenvalue weighted by molar-refractivity contribution is 0.590. The van der Waals surface area contributed by atoms with Crippen molar-refractivity contribution in [2.45, 2.75) is 97.8 Å². The molecule has 346 valence electrons. The van der Waals surface area contributed by atoms with Crippen LogP contribution in [0.3, 0.4) is 0 Å². The molecule has 0 saturated carbocycles. The number of nitrogens with zero attached hydrogens (tertiary/aromatic N) is 1. The highest BCUT2D eigenvalue weighted by Crippen LogP contribution is 2.53. The van der Waals surface area contributed by atoms with Gasteiger partial charge < -0.3 is 4.90 Å². The standard InChI is InChI=1S/C69H65N/c1-44-60(49-28-38-58-56-16-12-14-18-62(56)68(8,9)64(58)40-49)42-55(43-61(44)50-29-39-59-57-17-13-15-19-63(57)69(10,11)65(59)41-50)70(53-34-24-47(25-35-53)45-20-30-51(31-21-45)66(2,3)4)54-36-26-48(27-37-54)46-22-32-52(33-23-46)67(5,6)7/h12-43H,1-11H3. The van der Waals surface area contributed by atoms with Gasteiger partial charge in [-0.3, -0.25) is 0 Å². The number of anilines is 3. The summed E-state index contributed by atoms with van der Waals surface area (Å²) in [6.45, 7) is 25.5. The highest BCUT2D eigenvalue weighted by atomic mass is 15.1. The fraction of sp³-hybridized carbons (Fsp3) is 0.217.